The number of carbonyl (C=O) groups excluding carboxylic acids is 1. The molecule has 1 fully saturated rings. The van der Waals surface area contributed by atoms with Crippen LogP contribution in [-0.2, 0) is 10.3 Å². The van der Waals surface area contributed by atoms with Crippen LogP contribution in [-0.4, -0.2) is 36.0 Å². The van der Waals surface area contributed by atoms with E-state index in [0.29, 0.717) is 5.56 Å². The summed E-state index contributed by atoms with van der Waals surface area (Å²) in [5.74, 6) is -1.10. The molecule has 0 saturated carbocycles. The number of carboxylic acid groups (broad SMARTS) is 1. The van der Waals surface area contributed by atoms with Crippen LogP contribution in [0.3, 0.4) is 0 Å². The molecule has 0 aromatic heterocycles. The van der Waals surface area contributed by atoms with Gasteiger partial charge in [0.05, 0.1) is 12.0 Å². The maximum Gasteiger partial charge on any atom is 0.303 e. The van der Waals surface area contributed by atoms with E-state index in [2.05, 4.69) is 47.9 Å². The Morgan fingerprint density at radius 3 is 2.48 bits per heavy atom. The summed E-state index contributed by atoms with van der Waals surface area (Å²) in [4.78, 5) is 24.1. The third-order valence-electron chi connectivity index (χ3n) is 6.21. The van der Waals surface area contributed by atoms with E-state index in [9.17, 15) is 9.59 Å². The molecule has 0 bridgehead atoms. The lowest BCUT2D eigenvalue weighted by atomic mass is 9.78. The van der Waals surface area contributed by atoms with Crippen LogP contribution in [0.25, 0.3) is 10.8 Å². The quantitative estimate of drug-likeness (QED) is 0.482. The predicted octanol–water partition coefficient (Wildman–Crippen LogP) is 4.10. The normalized spacial score (nSPS) is 18.0. The molecular formula is C26H28N2O3. The maximum absolute atomic E-state index is 13.0. The fourth-order valence-corrected chi connectivity index (χ4v) is 4.67. The molecule has 31 heavy (non-hydrogen) atoms. The van der Waals surface area contributed by atoms with E-state index in [1.807, 2.05) is 36.4 Å². The van der Waals surface area contributed by atoms with Crippen molar-refractivity contribution in [2.45, 2.75) is 37.8 Å². The minimum atomic E-state index is -0.960. The first-order valence-corrected chi connectivity index (χ1v) is 10.8. The van der Waals surface area contributed by atoms with Crippen molar-refractivity contribution in [2.24, 2.45) is 0 Å². The summed E-state index contributed by atoms with van der Waals surface area (Å²) in [6.07, 6.45) is 0.830. The fraction of sp³-hybridized carbons (Fsp3) is 0.308. The summed E-state index contributed by atoms with van der Waals surface area (Å²) in [5.41, 5.74) is 1.95. The van der Waals surface area contributed by atoms with Gasteiger partial charge in [0.25, 0.3) is 0 Å². The van der Waals surface area contributed by atoms with Crippen LogP contribution in [0, 0.1) is 0 Å². The number of benzene rings is 3. The first kappa shape index (κ1) is 21.2. The number of nitrogens with one attached hydrogen (secondary N) is 2. The Morgan fingerprint density at radius 1 is 1.00 bits per heavy atom. The van der Waals surface area contributed by atoms with E-state index in [1.165, 1.54) is 0 Å². The number of hydrogen-bond donors (Lipinski definition) is 3. The molecule has 3 aromatic rings. The zero-order valence-electron chi connectivity index (χ0n) is 17.7. The Balaban J connectivity index is 1.86. The van der Waals surface area contributed by atoms with Crippen LogP contribution in [0.2, 0.25) is 0 Å². The van der Waals surface area contributed by atoms with Crippen molar-refractivity contribution < 1.29 is 14.7 Å². The molecule has 0 unspecified atom stereocenters. The van der Waals surface area contributed by atoms with E-state index in [0.717, 1.165) is 41.4 Å². The van der Waals surface area contributed by atoms with Crippen molar-refractivity contribution in [3.8, 4) is 0 Å². The van der Waals surface area contributed by atoms with Gasteiger partial charge in [0.1, 0.15) is 0 Å². The first-order chi connectivity index (χ1) is 15.0. The number of fused-ring (bicyclic) bond motifs is 1. The number of hydrogen-bond acceptors (Lipinski definition) is 4. The highest BCUT2D eigenvalue weighted by Gasteiger charge is 2.36. The van der Waals surface area contributed by atoms with Gasteiger partial charge in [-0.1, -0.05) is 66.7 Å². The molecule has 5 nitrogen and oxygen atoms in total. The maximum atomic E-state index is 13.0. The average Bonchev–Trinajstić information content (AvgIpc) is 3.29. The summed E-state index contributed by atoms with van der Waals surface area (Å²) >= 11 is 0. The van der Waals surface area contributed by atoms with Crippen LogP contribution in [0.5, 0.6) is 0 Å². The molecule has 1 heterocycles. The second-order valence-corrected chi connectivity index (χ2v) is 8.35. The van der Waals surface area contributed by atoms with E-state index in [1.54, 1.807) is 0 Å². The molecule has 0 amide bonds. The van der Waals surface area contributed by atoms with Crippen molar-refractivity contribution in [3.05, 3.63) is 83.4 Å². The summed E-state index contributed by atoms with van der Waals surface area (Å²) in [5, 5.41) is 18.6. The van der Waals surface area contributed by atoms with E-state index in [-0.39, 0.29) is 24.7 Å². The Hall–Kier alpha value is -3.02. The first-order valence-electron chi connectivity index (χ1n) is 10.8. The van der Waals surface area contributed by atoms with Crippen LogP contribution in [0.15, 0.2) is 66.7 Å². The molecule has 1 saturated heterocycles. The third kappa shape index (κ3) is 4.38. The van der Waals surface area contributed by atoms with Crippen molar-refractivity contribution >= 4 is 22.5 Å². The van der Waals surface area contributed by atoms with Crippen LogP contribution in [0.1, 0.15) is 47.7 Å². The zero-order valence-corrected chi connectivity index (χ0v) is 17.7. The van der Waals surface area contributed by atoms with Gasteiger partial charge in [-0.2, -0.15) is 0 Å². The van der Waals surface area contributed by atoms with Crippen molar-refractivity contribution in [2.75, 3.05) is 13.1 Å². The van der Waals surface area contributed by atoms with E-state index >= 15 is 0 Å². The van der Waals surface area contributed by atoms with Gasteiger partial charge >= 0.3 is 5.97 Å². The molecule has 2 atom stereocenters. The van der Waals surface area contributed by atoms with E-state index < -0.39 is 11.5 Å². The Morgan fingerprint density at radius 2 is 1.71 bits per heavy atom. The number of carboxylic acids is 1. The SMILES string of the molecule is C[C@](N[C@H]1CCNC1)(c1ccccc1C(=O)CCC(=O)O)c1cccc2ccccc12. The smallest absolute Gasteiger partial charge is 0.303 e. The standard InChI is InChI=1S/C26H28N2O3/c1-26(28-19-15-16-27-17-19,22-12-6-8-18-7-2-3-9-20(18)22)23-11-5-4-10-21(23)24(29)13-14-25(30)31/h2-12,19,27-28H,13-17H2,1H3,(H,30,31)/t19-,26+/m0/s1. The van der Waals surface area contributed by atoms with Crippen molar-refractivity contribution in [3.63, 3.8) is 0 Å². The fourth-order valence-electron chi connectivity index (χ4n) is 4.67. The highest BCUT2D eigenvalue weighted by Crippen LogP contribution is 2.37. The molecule has 4 rings (SSSR count). The summed E-state index contributed by atoms with van der Waals surface area (Å²) in [6, 6.07) is 22.4. The summed E-state index contributed by atoms with van der Waals surface area (Å²) < 4.78 is 0. The highest BCUT2D eigenvalue weighted by molar-refractivity contribution is 5.99. The topological polar surface area (TPSA) is 78.4 Å². The number of rotatable bonds is 8. The van der Waals surface area contributed by atoms with Gasteiger partial charge in [0.15, 0.2) is 5.78 Å². The average molecular weight is 417 g/mol. The van der Waals surface area contributed by atoms with Gasteiger partial charge in [-0.3, -0.25) is 14.9 Å². The minimum Gasteiger partial charge on any atom is -0.481 e. The molecule has 3 aromatic carbocycles. The predicted molar refractivity (Wildman–Crippen MR) is 122 cm³/mol. The molecule has 5 heteroatoms. The van der Waals surface area contributed by atoms with Gasteiger partial charge < -0.3 is 10.4 Å². The number of ketones is 1. The third-order valence-corrected chi connectivity index (χ3v) is 6.21. The molecule has 3 N–H and O–H groups in total. The molecule has 0 aliphatic carbocycles. The van der Waals surface area contributed by atoms with Crippen molar-refractivity contribution in [1.29, 1.82) is 0 Å². The molecule has 1 aliphatic heterocycles. The number of Topliss-reactive ketones (excluding diaryl/α,β-unsaturated/α-hetero) is 1. The van der Waals surface area contributed by atoms with Gasteiger partial charge in [0, 0.05) is 24.6 Å². The molecule has 160 valence electrons. The van der Waals surface area contributed by atoms with Gasteiger partial charge in [-0.25, -0.2) is 0 Å². The van der Waals surface area contributed by atoms with Gasteiger partial charge in [-0.15, -0.1) is 0 Å². The zero-order chi connectivity index (χ0) is 21.8. The summed E-state index contributed by atoms with van der Waals surface area (Å²) in [6.45, 7) is 3.97. The molecule has 0 spiro atoms. The Kier molecular flexibility index (Phi) is 6.16. The second-order valence-electron chi connectivity index (χ2n) is 8.35. The second kappa shape index (κ2) is 9.00. The Bertz CT molecular complexity index is 1100. The van der Waals surface area contributed by atoms with Crippen LogP contribution >= 0.6 is 0 Å². The van der Waals surface area contributed by atoms with Gasteiger partial charge in [0.2, 0.25) is 0 Å². The van der Waals surface area contributed by atoms with Crippen LogP contribution < -0.4 is 10.6 Å². The number of carbonyl (C=O) groups is 2. The Labute approximate surface area is 182 Å². The van der Waals surface area contributed by atoms with Crippen LogP contribution in [0.4, 0.5) is 0 Å². The highest BCUT2D eigenvalue weighted by atomic mass is 16.4. The molecule has 0 radical (unpaired) electrons. The largest absolute Gasteiger partial charge is 0.481 e. The van der Waals surface area contributed by atoms with Crippen molar-refractivity contribution in [1.82, 2.24) is 10.6 Å². The van der Waals surface area contributed by atoms with E-state index in [4.69, 9.17) is 5.11 Å². The lowest BCUT2D eigenvalue weighted by molar-refractivity contribution is -0.136. The van der Waals surface area contributed by atoms with Gasteiger partial charge in [-0.05, 0) is 41.8 Å². The molecule has 1 aliphatic rings. The minimum absolute atomic E-state index is 0.0110. The number of aliphatic carboxylic acids is 1. The molecular weight excluding hydrogens is 388 g/mol. The monoisotopic (exact) mass is 416 g/mol. The lowest BCUT2D eigenvalue weighted by Gasteiger charge is -2.37. The lowest BCUT2D eigenvalue weighted by Crippen LogP contribution is -2.48. The summed E-state index contributed by atoms with van der Waals surface area (Å²) in [7, 11) is 0.